The van der Waals surface area contributed by atoms with Gasteiger partial charge in [0, 0.05) is 25.4 Å². The van der Waals surface area contributed by atoms with Crippen LogP contribution < -0.4 is 0 Å². The van der Waals surface area contributed by atoms with Crippen molar-refractivity contribution in [3.05, 3.63) is 35.5 Å². The van der Waals surface area contributed by atoms with Crippen LogP contribution in [0.4, 0.5) is 0 Å². The van der Waals surface area contributed by atoms with Gasteiger partial charge in [0.1, 0.15) is 11.8 Å². The SMILES string of the molecule is Cc1cc(C(=O)N2CC(n3cc(C#N)cn3)C2)no1. The van der Waals surface area contributed by atoms with E-state index in [1.54, 1.807) is 28.8 Å². The average Bonchev–Trinajstić information content (AvgIpc) is 2.96. The molecule has 0 unspecified atom stereocenters. The van der Waals surface area contributed by atoms with Crippen LogP contribution in [0.25, 0.3) is 0 Å². The summed E-state index contributed by atoms with van der Waals surface area (Å²) in [5.74, 6) is 0.479. The number of likely N-dealkylation sites (tertiary alicyclic amines) is 1. The van der Waals surface area contributed by atoms with Gasteiger partial charge in [0.2, 0.25) is 0 Å². The van der Waals surface area contributed by atoms with Crippen molar-refractivity contribution in [2.24, 2.45) is 0 Å². The molecule has 0 atom stereocenters. The number of carbonyl (C=O) groups is 1. The quantitative estimate of drug-likeness (QED) is 0.792. The molecular weight excluding hydrogens is 246 g/mol. The van der Waals surface area contributed by atoms with Crippen molar-refractivity contribution in [2.75, 3.05) is 13.1 Å². The zero-order valence-corrected chi connectivity index (χ0v) is 10.3. The molecule has 0 aliphatic carbocycles. The van der Waals surface area contributed by atoms with Gasteiger partial charge in [0.25, 0.3) is 5.91 Å². The Balaban J connectivity index is 1.64. The van der Waals surface area contributed by atoms with Crippen LogP contribution in [0.5, 0.6) is 0 Å². The van der Waals surface area contributed by atoms with Crippen LogP contribution >= 0.6 is 0 Å². The molecule has 7 heteroatoms. The Morgan fingerprint density at radius 2 is 2.37 bits per heavy atom. The predicted octanol–water partition coefficient (Wildman–Crippen LogP) is 0.748. The first kappa shape index (κ1) is 11.5. The molecule has 1 saturated heterocycles. The lowest BCUT2D eigenvalue weighted by Gasteiger charge is -2.38. The number of nitriles is 1. The number of amides is 1. The van der Waals surface area contributed by atoms with Gasteiger partial charge in [-0.25, -0.2) is 0 Å². The van der Waals surface area contributed by atoms with Crippen molar-refractivity contribution in [3.8, 4) is 6.07 Å². The fraction of sp³-hybridized carbons (Fsp3) is 0.333. The maximum atomic E-state index is 12.0. The number of carbonyl (C=O) groups excluding carboxylic acids is 1. The summed E-state index contributed by atoms with van der Waals surface area (Å²) in [6, 6.07) is 3.77. The molecule has 3 rings (SSSR count). The normalized spacial score (nSPS) is 15.1. The van der Waals surface area contributed by atoms with Crippen LogP contribution in [-0.4, -0.2) is 38.8 Å². The summed E-state index contributed by atoms with van der Waals surface area (Å²) in [7, 11) is 0. The highest BCUT2D eigenvalue weighted by molar-refractivity contribution is 5.92. The number of hydrogen-bond acceptors (Lipinski definition) is 5. The Hall–Kier alpha value is -2.62. The van der Waals surface area contributed by atoms with E-state index in [-0.39, 0.29) is 11.9 Å². The van der Waals surface area contributed by atoms with Gasteiger partial charge < -0.3 is 9.42 Å². The first-order chi connectivity index (χ1) is 9.17. The summed E-state index contributed by atoms with van der Waals surface area (Å²) in [5.41, 5.74) is 0.853. The van der Waals surface area contributed by atoms with Gasteiger partial charge in [-0.1, -0.05) is 5.16 Å². The third-order valence-corrected chi connectivity index (χ3v) is 3.10. The highest BCUT2D eigenvalue weighted by atomic mass is 16.5. The van der Waals surface area contributed by atoms with E-state index >= 15 is 0 Å². The van der Waals surface area contributed by atoms with Crippen LogP contribution in [0.1, 0.15) is 27.9 Å². The van der Waals surface area contributed by atoms with Gasteiger partial charge in [-0.15, -0.1) is 0 Å². The summed E-state index contributed by atoms with van der Waals surface area (Å²) in [5, 5.41) is 16.5. The number of nitrogens with zero attached hydrogens (tertiary/aromatic N) is 5. The first-order valence-electron chi connectivity index (χ1n) is 5.84. The first-order valence-corrected chi connectivity index (χ1v) is 5.84. The zero-order chi connectivity index (χ0) is 13.4. The molecule has 0 radical (unpaired) electrons. The maximum Gasteiger partial charge on any atom is 0.276 e. The van der Waals surface area contributed by atoms with Gasteiger partial charge in [-0.05, 0) is 6.92 Å². The highest BCUT2D eigenvalue weighted by Gasteiger charge is 2.34. The largest absolute Gasteiger partial charge is 0.361 e. The Kier molecular flexibility index (Phi) is 2.56. The second-order valence-corrected chi connectivity index (χ2v) is 4.51. The monoisotopic (exact) mass is 257 g/mol. The molecule has 1 aliphatic rings. The van der Waals surface area contributed by atoms with Gasteiger partial charge in [-0.3, -0.25) is 9.48 Å². The topological polar surface area (TPSA) is 88.0 Å². The van der Waals surface area contributed by atoms with Crippen molar-refractivity contribution in [2.45, 2.75) is 13.0 Å². The van der Waals surface area contributed by atoms with E-state index in [9.17, 15) is 4.79 Å². The second-order valence-electron chi connectivity index (χ2n) is 4.51. The molecule has 1 fully saturated rings. The van der Waals surface area contributed by atoms with Crippen molar-refractivity contribution < 1.29 is 9.32 Å². The van der Waals surface area contributed by atoms with Gasteiger partial charge in [0.15, 0.2) is 5.69 Å². The van der Waals surface area contributed by atoms with Crippen molar-refractivity contribution in [3.63, 3.8) is 0 Å². The summed E-state index contributed by atoms with van der Waals surface area (Å²) < 4.78 is 6.60. The van der Waals surface area contributed by atoms with Crippen molar-refractivity contribution in [1.82, 2.24) is 19.8 Å². The average molecular weight is 257 g/mol. The zero-order valence-electron chi connectivity index (χ0n) is 10.3. The molecule has 0 N–H and O–H groups in total. The lowest BCUT2D eigenvalue weighted by Crippen LogP contribution is -2.50. The third-order valence-electron chi connectivity index (χ3n) is 3.10. The van der Waals surface area contributed by atoms with E-state index in [0.717, 1.165) is 0 Å². The third kappa shape index (κ3) is 1.97. The standard InChI is InChI=1S/C12H11N5O2/c1-8-2-11(15-19-8)12(18)16-6-10(7-16)17-5-9(3-13)4-14-17/h2,4-5,10H,6-7H2,1H3. The van der Waals surface area contributed by atoms with Crippen molar-refractivity contribution >= 4 is 5.91 Å². The molecular formula is C12H11N5O2. The smallest absolute Gasteiger partial charge is 0.276 e. The van der Waals surface area contributed by atoms with E-state index < -0.39 is 0 Å². The predicted molar refractivity (Wildman–Crippen MR) is 63.1 cm³/mol. The number of aryl methyl sites for hydroxylation is 1. The molecule has 7 nitrogen and oxygen atoms in total. The molecule has 1 amide bonds. The Bertz CT molecular complexity index is 660. The fourth-order valence-corrected chi connectivity index (χ4v) is 2.01. The van der Waals surface area contributed by atoms with E-state index in [2.05, 4.69) is 10.3 Å². The minimum Gasteiger partial charge on any atom is -0.361 e. The Morgan fingerprint density at radius 3 is 2.95 bits per heavy atom. The van der Waals surface area contributed by atoms with Crippen LogP contribution in [0.15, 0.2) is 23.0 Å². The molecule has 0 saturated carbocycles. The number of rotatable bonds is 2. The lowest BCUT2D eigenvalue weighted by atomic mass is 10.1. The van der Waals surface area contributed by atoms with Gasteiger partial charge in [-0.2, -0.15) is 10.4 Å². The summed E-state index contributed by atoms with van der Waals surface area (Å²) in [4.78, 5) is 13.7. The van der Waals surface area contributed by atoms with E-state index in [4.69, 9.17) is 9.78 Å². The van der Waals surface area contributed by atoms with Crippen LogP contribution in [0, 0.1) is 18.3 Å². The molecule has 3 heterocycles. The summed E-state index contributed by atoms with van der Waals surface area (Å²) >= 11 is 0. The molecule has 96 valence electrons. The molecule has 0 aromatic carbocycles. The molecule has 2 aromatic rings. The van der Waals surface area contributed by atoms with Crippen LogP contribution in [0.3, 0.4) is 0 Å². The molecule has 0 bridgehead atoms. The van der Waals surface area contributed by atoms with E-state index in [1.165, 1.54) is 6.20 Å². The molecule has 2 aromatic heterocycles. The summed E-state index contributed by atoms with van der Waals surface area (Å²) in [6.45, 7) is 2.88. The van der Waals surface area contributed by atoms with E-state index in [1.807, 2.05) is 6.07 Å². The molecule has 0 spiro atoms. The van der Waals surface area contributed by atoms with Crippen LogP contribution in [-0.2, 0) is 0 Å². The summed E-state index contributed by atoms with van der Waals surface area (Å²) in [6.07, 6.45) is 3.21. The number of aromatic nitrogens is 3. The molecule has 19 heavy (non-hydrogen) atoms. The van der Waals surface area contributed by atoms with Gasteiger partial charge >= 0.3 is 0 Å². The highest BCUT2D eigenvalue weighted by Crippen LogP contribution is 2.22. The number of hydrogen-bond donors (Lipinski definition) is 0. The molecule has 1 aliphatic heterocycles. The van der Waals surface area contributed by atoms with E-state index in [0.29, 0.717) is 30.1 Å². The Morgan fingerprint density at radius 1 is 1.58 bits per heavy atom. The Labute approximate surface area is 109 Å². The minimum atomic E-state index is -0.138. The minimum absolute atomic E-state index is 0.124. The maximum absolute atomic E-state index is 12.0. The van der Waals surface area contributed by atoms with Gasteiger partial charge in [0.05, 0.1) is 17.8 Å². The van der Waals surface area contributed by atoms with Crippen molar-refractivity contribution in [1.29, 1.82) is 5.26 Å². The second kappa shape index (κ2) is 4.24. The fourth-order valence-electron chi connectivity index (χ4n) is 2.01. The lowest BCUT2D eigenvalue weighted by molar-refractivity contribution is 0.0491. The van der Waals surface area contributed by atoms with Crippen LogP contribution in [0.2, 0.25) is 0 Å².